The van der Waals surface area contributed by atoms with E-state index in [1.165, 1.54) is 36.3 Å². The summed E-state index contributed by atoms with van der Waals surface area (Å²) in [5, 5.41) is 6.52. The lowest BCUT2D eigenvalue weighted by Crippen LogP contribution is -2.29. The molecule has 0 fully saturated rings. The topological polar surface area (TPSA) is 26.3 Å². The van der Waals surface area contributed by atoms with E-state index in [4.69, 9.17) is 8.83 Å². The van der Waals surface area contributed by atoms with Crippen molar-refractivity contribution < 1.29 is 8.83 Å². The maximum atomic E-state index is 6.67. The molecule has 0 radical (unpaired) electrons. The summed E-state index contributed by atoms with van der Waals surface area (Å²) in [4.78, 5) is 0. The summed E-state index contributed by atoms with van der Waals surface area (Å²) >= 11 is 0. The second-order valence-corrected chi connectivity index (χ2v) is 21.6. The fourth-order valence-electron chi connectivity index (χ4n) is 6.60. The van der Waals surface area contributed by atoms with Gasteiger partial charge in [0.15, 0.2) is 0 Å². The highest BCUT2D eigenvalue weighted by molar-refractivity contribution is 6.87. The van der Waals surface area contributed by atoms with Crippen molar-refractivity contribution in [2.45, 2.75) is 77.8 Å². The van der Waals surface area contributed by atoms with E-state index in [0.29, 0.717) is 0 Å². The van der Waals surface area contributed by atoms with Crippen molar-refractivity contribution in [3.8, 4) is 22.9 Å². The number of furan rings is 2. The van der Waals surface area contributed by atoms with Crippen LogP contribution in [0, 0.1) is 22.9 Å². The fourth-order valence-corrected chi connectivity index (χ4v) is 11.5. The summed E-state index contributed by atoms with van der Waals surface area (Å²) < 4.78 is 13.3. The third-order valence-corrected chi connectivity index (χ3v) is 19.5. The lowest BCUT2D eigenvalue weighted by molar-refractivity contribution is 0.669. The van der Waals surface area contributed by atoms with Gasteiger partial charge in [0.2, 0.25) is 0 Å². The van der Waals surface area contributed by atoms with Crippen LogP contribution in [0.5, 0.6) is 0 Å². The van der Waals surface area contributed by atoms with Gasteiger partial charge in [-0.2, -0.15) is 0 Å². The molecule has 0 N–H and O–H groups in total. The second-order valence-electron chi connectivity index (χ2n) is 11.7. The van der Waals surface area contributed by atoms with Crippen molar-refractivity contribution in [2.75, 3.05) is 0 Å². The molecule has 6 aromatic rings. The summed E-state index contributed by atoms with van der Waals surface area (Å²) in [6, 6.07) is 28.2. The van der Waals surface area contributed by atoms with E-state index >= 15 is 0 Å². The van der Waals surface area contributed by atoms with Crippen LogP contribution in [-0.4, -0.2) is 16.1 Å². The van der Waals surface area contributed by atoms with Crippen molar-refractivity contribution in [1.29, 1.82) is 0 Å². The van der Waals surface area contributed by atoms with E-state index in [9.17, 15) is 0 Å². The predicted octanol–water partition coefficient (Wildman–Crippen LogP) is 11.4. The van der Waals surface area contributed by atoms with Crippen molar-refractivity contribution in [3.63, 3.8) is 0 Å². The molecule has 2 heterocycles. The molecule has 0 bridgehead atoms. The molecule has 2 nitrogen and oxygen atoms in total. The average Bonchev–Trinajstić information content (AvgIpc) is 3.63. The molecule has 0 aliphatic carbocycles. The van der Waals surface area contributed by atoms with Crippen LogP contribution >= 0.6 is 0 Å². The van der Waals surface area contributed by atoms with Crippen LogP contribution in [0.3, 0.4) is 0 Å². The molecular formula is C38H40O2Si2. The minimum Gasteiger partial charge on any atom is -0.455 e. The lowest BCUT2D eigenvalue weighted by Gasteiger charge is -2.20. The molecule has 0 aliphatic rings. The van der Waals surface area contributed by atoms with Gasteiger partial charge in [-0.3, -0.25) is 0 Å². The summed E-state index contributed by atoms with van der Waals surface area (Å²) in [7, 11) is -3.32. The second kappa shape index (κ2) is 11.2. The highest BCUT2D eigenvalue weighted by Crippen LogP contribution is 2.43. The van der Waals surface area contributed by atoms with Crippen LogP contribution in [0.2, 0.25) is 36.3 Å². The Balaban J connectivity index is 1.78. The van der Waals surface area contributed by atoms with Gasteiger partial charge in [-0.1, -0.05) is 89.8 Å². The Morgan fingerprint density at radius 1 is 0.500 bits per heavy atom. The Kier molecular flexibility index (Phi) is 7.56. The lowest BCUT2D eigenvalue weighted by atomic mass is 9.96. The molecule has 42 heavy (non-hydrogen) atoms. The minimum absolute atomic E-state index is 0.880. The molecular weight excluding hydrogens is 545 g/mol. The maximum Gasteiger partial charge on any atom is 0.144 e. The van der Waals surface area contributed by atoms with E-state index in [2.05, 4.69) is 113 Å². The number of rotatable bonds is 6. The van der Waals surface area contributed by atoms with E-state index in [-0.39, 0.29) is 0 Å². The molecule has 4 heteroatoms. The number of hydrogen-bond donors (Lipinski definition) is 0. The zero-order valence-corrected chi connectivity index (χ0v) is 27.8. The monoisotopic (exact) mass is 584 g/mol. The van der Waals surface area contributed by atoms with Crippen molar-refractivity contribution in [2.24, 2.45) is 0 Å². The van der Waals surface area contributed by atoms with E-state index in [0.717, 1.165) is 65.8 Å². The van der Waals surface area contributed by atoms with Crippen LogP contribution in [0.25, 0.3) is 54.6 Å². The third-order valence-electron chi connectivity index (χ3n) is 10.1. The number of benzene rings is 4. The molecule has 4 aromatic carbocycles. The minimum atomic E-state index is -1.66. The van der Waals surface area contributed by atoms with E-state index < -0.39 is 16.1 Å². The first-order chi connectivity index (χ1) is 20.5. The molecule has 0 atom stereocenters. The van der Waals surface area contributed by atoms with Gasteiger partial charge in [0.1, 0.15) is 38.5 Å². The first-order valence-electron chi connectivity index (χ1n) is 15.7. The number of para-hydroxylation sites is 2. The fraction of sp³-hybridized carbons (Fsp3) is 0.316. The Morgan fingerprint density at radius 2 is 0.857 bits per heavy atom. The van der Waals surface area contributed by atoms with Gasteiger partial charge in [-0.15, -0.1) is 11.1 Å². The van der Waals surface area contributed by atoms with Crippen LogP contribution in [-0.2, 0) is 0 Å². The van der Waals surface area contributed by atoms with Crippen molar-refractivity contribution >= 4 is 70.8 Å². The first-order valence-corrected chi connectivity index (χ1v) is 21.0. The van der Waals surface area contributed by atoms with Crippen LogP contribution < -0.4 is 0 Å². The summed E-state index contributed by atoms with van der Waals surface area (Å²) in [6.07, 6.45) is 0. The molecule has 0 saturated heterocycles. The zero-order chi connectivity index (χ0) is 29.5. The molecule has 6 rings (SSSR count). The SMILES string of the molecule is CC[Si](C#Cc1cc2c(cc(C#C[Si](CC)(CC)CC)c3c4ccccc4oc23)c2oc3ccccc3c12)(CC)CC. The molecule has 212 valence electrons. The average molecular weight is 585 g/mol. The normalized spacial score (nSPS) is 12.2. The Hall–Kier alpha value is -3.71. The number of fused-ring (bicyclic) bond motifs is 9. The van der Waals surface area contributed by atoms with Gasteiger partial charge in [0, 0.05) is 43.4 Å². The first kappa shape index (κ1) is 28.4. The number of hydrogen-bond acceptors (Lipinski definition) is 2. The molecule has 0 saturated carbocycles. The van der Waals surface area contributed by atoms with Gasteiger partial charge in [0.25, 0.3) is 0 Å². The molecule has 0 amide bonds. The molecule has 0 unspecified atom stereocenters. The molecule has 0 spiro atoms. The van der Waals surface area contributed by atoms with Gasteiger partial charge >= 0.3 is 0 Å². The van der Waals surface area contributed by atoms with Crippen LogP contribution in [0.15, 0.2) is 69.5 Å². The Bertz CT molecular complexity index is 1910. The van der Waals surface area contributed by atoms with Crippen molar-refractivity contribution in [1.82, 2.24) is 0 Å². The molecule has 0 aliphatic heterocycles. The zero-order valence-electron chi connectivity index (χ0n) is 25.8. The Morgan fingerprint density at radius 3 is 1.21 bits per heavy atom. The smallest absolute Gasteiger partial charge is 0.144 e. The maximum absolute atomic E-state index is 6.67. The van der Waals surface area contributed by atoms with Crippen molar-refractivity contribution in [3.05, 3.63) is 71.8 Å². The van der Waals surface area contributed by atoms with E-state index in [1.54, 1.807) is 0 Å². The Labute approximate surface area is 251 Å². The summed E-state index contributed by atoms with van der Waals surface area (Å²) in [6.45, 7) is 13.9. The molecule has 2 aromatic heterocycles. The highest BCUT2D eigenvalue weighted by atomic mass is 28.3. The highest BCUT2D eigenvalue weighted by Gasteiger charge is 2.26. The third kappa shape index (κ3) is 4.49. The van der Waals surface area contributed by atoms with Gasteiger partial charge in [-0.25, -0.2) is 0 Å². The summed E-state index contributed by atoms with van der Waals surface area (Å²) in [5.41, 5.74) is 13.3. The van der Waals surface area contributed by atoms with Gasteiger partial charge < -0.3 is 8.83 Å². The quantitative estimate of drug-likeness (QED) is 0.144. The largest absolute Gasteiger partial charge is 0.455 e. The van der Waals surface area contributed by atoms with Crippen LogP contribution in [0.4, 0.5) is 0 Å². The standard InChI is InChI=1S/C38H40O2Si2/c1-7-41(8-2,9-3)23-21-27-25-31-32(37-35(27)29-17-13-15-19-33(29)39-37)26-28(22-24-42(10-4,11-5)12-6)36-30-18-14-16-20-34(30)40-38(31)36/h13-20,25-26H,7-12H2,1-6H3. The van der Waals surface area contributed by atoms with E-state index in [1.807, 2.05) is 12.1 Å². The predicted molar refractivity (Wildman–Crippen MR) is 187 cm³/mol. The van der Waals surface area contributed by atoms with Gasteiger partial charge in [0.05, 0.1) is 0 Å². The van der Waals surface area contributed by atoms with Crippen LogP contribution in [0.1, 0.15) is 52.7 Å². The van der Waals surface area contributed by atoms with Gasteiger partial charge in [-0.05, 0) is 60.5 Å². The summed E-state index contributed by atoms with van der Waals surface area (Å²) in [5.74, 6) is 7.44.